The average molecular weight is 351 g/mol. The number of halogens is 1. The number of rotatable bonds is 6. The van der Waals surface area contributed by atoms with Crippen molar-refractivity contribution in [2.75, 3.05) is 13.2 Å². The predicted octanol–water partition coefficient (Wildman–Crippen LogP) is 2.05. The molecule has 7 nitrogen and oxygen atoms in total. The molecule has 1 aliphatic rings. The van der Waals surface area contributed by atoms with Gasteiger partial charge in [0.15, 0.2) is 11.5 Å². The van der Waals surface area contributed by atoms with E-state index < -0.39 is 17.8 Å². The molecule has 1 saturated heterocycles. The molecule has 2 rings (SSSR count). The minimum Gasteiger partial charge on any atom is -0.490 e. The van der Waals surface area contributed by atoms with E-state index in [-0.39, 0.29) is 17.2 Å². The van der Waals surface area contributed by atoms with E-state index in [9.17, 15) is 14.4 Å². The molecule has 0 aromatic heterocycles. The average Bonchev–Trinajstić information content (AvgIpc) is 2.50. The van der Waals surface area contributed by atoms with Crippen LogP contribution in [0.2, 0.25) is 5.02 Å². The minimum atomic E-state index is -0.858. The van der Waals surface area contributed by atoms with Crippen molar-refractivity contribution in [2.45, 2.75) is 6.92 Å². The fourth-order valence-corrected chi connectivity index (χ4v) is 2.26. The highest BCUT2D eigenvalue weighted by molar-refractivity contribution is 6.33. The van der Waals surface area contributed by atoms with Crippen LogP contribution in [0.3, 0.4) is 0 Å². The molecule has 0 unspecified atom stereocenters. The molecule has 8 heteroatoms. The highest BCUT2D eigenvalue weighted by atomic mass is 35.5. The first-order valence-electron chi connectivity index (χ1n) is 7.04. The standard InChI is InChI=1S/C16H15ClN2O5/c1-3-5-24-13-11(17)7-9(8-12(13)23-4-2)6-10-14(20)18-16(22)19-15(10)21/h3,6-8H,1,4-5H2,2H3,(H2,18,19,20,21,22). The van der Waals surface area contributed by atoms with Crippen molar-refractivity contribution in [3.8, 4) is 11.5 Å². The molecule has 1 aromatic carbocycles. The van der Waals surface area contributed by atoms with Crippen LogP contribution in [0.25, 0.3) is 6.08 Å². The highest BCUT2D eigenvalue weighted by Gasteiger charge is 2.27. The Balaban J connectivity index is 2.42. The van der Waals surface area contributed by atoms with Crippen molar-refractivity contribution >= 4 is 35.5 Å². The van der Waals surface area contributed by atoms with Gasteiger partial charge in [-0.1, -0.05) is 24.3 Å². The van der Waals surface area contributed by atoms with E-state index in [0.29, 0.717) is 23.7 Å². The van der Waals surface area contributed by atoms with Crippen LogP contribution in [0.4, 0.5) is 4.79 Å². The lowest BCUT2D eigenvalue weighted by molar-refractivity contribution is -0.123. The van der Waals surface area contributed by atoms with Crippen molar-refractivity contribution in [3.63, 3.8) is 0 Å². The molecular weight excluding hydrogens is 336 g/mol. The van der Waals surface area contributed by atoms with Gasteiger partial charge in [-0.15, -0.1) is 0 Å². The Morgan fingerprint density at radius 2 is 1.83 bits per heavy atom. The molecule has 1 aliphatic heterocycles. The molecule has 1 fully saturated rings. The second kappa shape index (κ2) is 7.65. The van der Waals surface area contributed by atoms with E-state index in [2.05, 4.69) is 6.58 Å². The van der Waals surface area contributed by atoms with E-state index in [0.717, 1.165) is 0 Å². The summed E-state index contributed by atoms with van der Waals surface area (Å²) in [4.78, 5) is 34.6. The highest BCUT2D eigenvalue weighted by Crippen LogP contribution is 2.37. The molecule has 0 spiro atoms. The number of urea groups is 1. The quantitative estimate of drug-likeness (QED) is 0.465. The zero-order valence-electron chi connectivity index (χ0n) is 12.8. The number of benzene rings is 1. The maximum atomic E-state index is 11.8. The van der Waals surface area contributed by atoms with E-state index in [1.54, 1.807) is 19.1 Å². The minimum absolute atomic E-state index is 0.215. The molecule has 126 valence electrons. The fraction of sp³-hybridized carbons (Fsp3) is 0.188. The summed E-state index contributed by atoms with van der Waals surface area (Å²) >= 11 is 6.20. The van der Waals surface area contributed by atoms with Crippen molar-refractivity contribution in [2.24, 2.45) is 0 Å². The number of imide groups is 2. The van der Waals surface area contributed by atoms with Crippen LogP contribution in [-0.4, -0.2) is 31.1 Å². The summed E-state index contributed by atoms with van der Waals surface area (Å²) < 4.78 is 11.0. The Labute approximate surface area is 143 Å². The fourth-order valence-electron chi connectivity index (χ4n) is 1.99. The Morgan fingerprint density at radius 1 is 1.17 bits per heavy atom. The van der Waals surface area contributed by atoms with Gasteiger partial charge in [-0.3, -0.25) is 20.2 Å². The van der Waals surface area contributed by atoms with Crippen LogP contribution in [0.1, 0.15) is 12.5 Å². The van der Waals surface area contributed by atoms with Crippen molar-refractivity contribution in [3.05, 3.63) is 40.9 Å². The summed E-state index contributed by atoms with van der Waals surface area (Å²) in [5.41, 5.74) is 0.233. The Hall–Kier alpha value is -2.80. The number of carbonyl (C=O) groups is 3. The largest absolute Gasteiger partial charge is 0.490 e. The molecule has 24 heavy (non-hydrogen) atoms. The number of nitrogens with one attached hydrogen (secondary N) is 2. The van der Waals surface area contributed by atoms with Crippen LogP contribution < -0.4 is 20.1 Å². The third-order valence-corrected chi connectivity index (χ3v) is 3.21. The number of hydrogen-bond acceptors (Lipinski definition) is 5. The first-order valence-corrected chi connectivity index (χ1v) is 7.42. The Kier molecular flexibility index (Phi) is 5.59. The zero-order chi connectivity index (χ0) is 17.7. The molecule has 1 heterocycles. The van der Waals surface area contributed by atoms with Gasteiger partial charge >= 0.3 is 6.03 Å². The third-order valence-electron chi connectivity index (χ3n) is 2.93. The molecule has 0 saturated carbocycles. The third kappa shape index (κ3) is 3.94. The lowest BCUT2D eigenvalue weighted by atomic mass is 10.1. The number of amides is 4. The van der Waals surface area contributed by atoms with E-state index in [1.165, 1.54) is 12.1 Å². The van der Waals surface area contributed by atoms with Gasteiger partial charge in [0.25, 0.3) is 11.8 Å². The van der Waals surface area contributed by atoms with Crippen molar-refractivity contribution in [1.29, 1.82) is 0 Å². The topological polar surface area (TPSA) is 93.7 Å². The second-order valence-electron chi connectivity index (χ2n) is 4.66. The van der Waals surface area contributed by atoms with Crippen molar-refractivity contribution in [1.82, 2.24) is 10.6 Å². The number of carbonyl (C=O) groups excluding carboxylic acids is 3. The van der Waals surface area contributed by atoms with Gasteiger partial charge in [-0.05, 0) is 30.7 Å². The summed E-state index contributed by atoms with van der Waals surface area (Å²) in [6.45, 7) is 5.97. The maximum absolute atomic E-state index is 11.8. The molecule has 4 amide bonds. The van der Waals surface area contributed by atoms with Gasteiger partial charge in [-0.25, -0.2) is 4.79 Å². The van der Waals surface area contributed by atoms with Crippen molar-refractivity contribution < 1.29 is 23.9 Å². The molecule has 0 radical (unpaired) electrons. The summed E-state index contributed by atoms with van der Waals surface area (Å²) in [6, 6.07) is 2.24. The number of hydrogen-bond donors (Lipinski definition) is 2. The normalized spacial score (nSPS) is 13.9. The monoisotopic (exact) mass is 350 g/mol. The smallest absolute Gasteiger partial charge is 0.328 e. The molecule has 0 bridgehead atoms. The van der Waals surface area contributed by atoms with Crippen LogP contribution in [0, 0.1) is 0 Å². The van der Waals surface area contributed by atoms with Gasteiger partial charge in [-0.2, -0.15) is 0 Å². The summed E-state index contributed by atoms with van der Waals surface area (Å²) in [5.74, 6) is -0.866. The SMILES string of the molecule is C=CCOc1c(Cl)cc(C=C2C(=O)NC(=O)NC2=O)cc1OCC. The molecule has 2 N–H and O–H groups in total. The van der Waals surface area contributed by atoms with E-state index in [1.807, 2.05) is 10.6 Å². The van der Waals surface area contributed by atoms with Crippen LogP contribution in [0.5, 0.6) is 11.5 Å². The molecule has 1 aromatic rings. The van der Waals surface area contributed by atoms with Gasteiger partial charge in [0.05, 0.1) is 11.6 Å². The first kappa shape index (κ1) is 17.6. The van der Waals surface area contributed by atoms with Gasteiger partial charge in [0, 0.05) is 0 Å². The van der Waals surface area contributed by atoms with Crippen LogP contribution >= 0.6 is 11.6 Å². The van der Waals surface area contributed by atoms with Crippen LogP contribution in [-0.2, 0) is 9.59 Å². The van der Waals surface area contributed by atoms with Gasteiger partial charge in [0.1, 0.15) is 12.2 Å². The molecule has 0 atom stereocenters. The number of barbiturate groups is 1. The predicted molar refractivity (Wildman–Crippen MR) is 88.0 cm³/mol. The van der Waals surface area contributed by atoms with Gasteiger partial charge < -0.3 is 9.47 Å². The lowest BCUT2D eigenvalue weighted by Crippen LogP contribution is -2.51. The Bertz CT molecular complexity index is 720. The summed E-state index contributed by atoms with van der Waals surface area (Å²) in [5, 5.41) is 4.24. The summed E-state index contributed by atoms with van der Waals surface area (Å²) in [6.07, 6.45) is 2.87. The van der Waals surface area contributed by atoms with Crippen LogP contribution in [0.15, 0.2) is 30.4 Å². The maximum Gasteiger partial charge on any atom is 0.328 e. The van der Waals surface area contributed by atoms with E-state index >= 15 is 0 Å². The van der Waals surface area contributed by atoms with Gasteiger partial charge in [0.2, 0.25) is 0 Å². The summed E-state index contributed by atoms with van der Waals surface area (Å²) in [7, 11) is 0. The Morgan fingerprint density at radius 3 is 2.42 bits per heavy atom. The van der Waals surface area contributed by atoms with E-state index in [4.69, 9.17) is 21.1 Å². The molecule has 0 aliphatic carbocycles. The molecular formula is C16H15ClN2O5. The zero-order valence-corrected chi connectivity index (χ0v) is 13.6. The second-order valence-corrected chi connectivity index (χ2v) is 5.07. The first-order chi connectivity index (χ1) is 11.5. The lowest BCUT2D eigenvalue weighted by Gasteiger charge is -2.15. The number of ether oxygens (including phenoxy) is 2.